The summed E-state index contributed by atoms with van der Waals surface area (Å²) in [6, 6.07) is 7.41. The number of nitrogens with zero attached hydrogens (tertiary/aromatic N) is 2. The molecule has 1 aromatic carbocycles. The fraction of sp³-hybridized carbons (Fsp3) is 0.571. The molecule has 1 N–H and O–H groups in total. The molecule has 2 aliphatic rings. The molecule has 0 saturated carbocycles. The third-order valence-electron chi connectivity index (χ3n) is 6.11. The zero-order valence-corrected chi connectivity index (χ0v) is 15.3. The molecule has 2 saturated heterocycles. The van der Waals surface area contributed by atoms with Gasteiger partial charge in [0.15, 0.2) is 0 Å². The van der Waals surface area contributed by atoms with Gasteiger partial charge in [0, 0.05) is 31.7 Å². The molecule has 5 heteroatoms. The largest absolute Gasteiger partial charge is 0.356 e. The first-order valence-corrected chi connectivity index (χ1v) is 9.96. The summed E-state index contributed by atoms with van der Waals surface area (Å²) in [5.74, 6) is 0.446. The standard InChI is InChI=1S/C21H28FN3O/c22-18-7-6-16-8-12-25(20(16)14-18)13-9-21(26)23-15-17-4-3-11-24-10-2-1-5-19(17)24/h6-8,12,14,17,19H,1-5,9-11,13,15H2,(H,23,26)/t17-,19+/m1/s1. The van der Waals surface area contributed by atoms with Crippen LogP contribution in [0.1, 0.15) is 38.5 Å². The quantitative estimate of drug-likeness (QED) is 0.888. The number of aromatic nitrogens is 1. The molecule has 0 radical (unpaired) electrons. The first-order valence-electron chi connectivity index (χ1n) is 9.96. The van der Waals surface area contributed by atoms with Crippen molar-refractivity contribution < 1.29 is 9.18 Å². The van der Waals surface area contributed by atoms with Gasteiger partial charge in [0.1, 0.15) is 5.82 Å². The summed E-state index contributed by atoms with van der Waals surface area (Å²) in [5, 5.41) is 4.16. The van der Waals surface area contributed by atoms with Gasteiger partial charge in [0.05, 0.1) is 5.52 Å². The molecule has 0 aliphatic carbocycles. The molecule has 0 unspecified atom stereocenters. The van der Waals surface area contributed by atoms with Gasteiger partial charge in [-0.3, -0.25) is 4.79 Å². The minimum Gasteiger partial charge on any atom is -0.356 e. The third kappa shape index (κ3) is 3.78. The molecule has 140 valence electrons. The second kappa shape index (κ2) is 7.78. The number of nitrogens with one attached hydrogen (secondary N) is 1. The summed E-state index contributed by atoms with van der Waals surface area (Å²) in [6.45, 7) is 3.83. The maximum Gasteiger partial charge on any atom is 0.221 e. The Labute approximate surface area is 154 Å². The minimum absolute atomic E-state index is 0.0937. The number of hydrogen-bond acceptors (Lipinski definition) is 2. The van der Waals surface area contributed by atoms with Crippen LogP contribution in [0, 0.1) is 11.7 Å². The Balaban J connectivity index is 1.29. The first kappa shape index (κ1) is 17.5. The zero-order valence-electron chi connectivity index (χ0n) is 15.3. The molecule has 26 heavy (non-hydrogen) atoms. The highest BCUT2D eigenvalue weighted by Gasteiger charge is 2.32. The van der Waals surface area contributed by atoms with Crippen molar-refractivity contribution in [2.45, 2.75) is 51.1 Å². The monoisotopic (exact) mass is 357 g/mol. The van der Waals surface area contributed by atoms with Crippen LogP contribution in [0.15, 0.2) is 30.5 Å². The number of aryl methyl sites for hydroxylation is 1. The van der Waals surface area contributed by atoms with E-state index in [-0.39, 0.29) is 11.7 Å². The number of fused-ring (bicyclic) bond motifs is 2. The van der Waals surface area contributed by atoms with Crippen molar-refractivity contribution in [1.82, 2.24) is 14.8 Å². The van der Waals surface area contributed by atoms with Gasteiger partial charge in [-0.1, -0.05) is 6.42 Å². The van der Waals surface area contributed by atoms with E-state index in [1.807, 2.05) is 16.8 Å². The van der Waals surface area contributed by atoms with Gasteiger partial charge in [0.2, 0.25) is 5.91 Å². The predicted octanol–water partition coefficient (Wildman–Crippen LogP) is 3.55. The van der Waals surface area contributed by atoms with Crippen molar-refractivity contribution in [3.63, 3.8) is 0 Å². The van der Waals surface area contributed by atoms with Crippen LogP contribution in [0.5, 0.6) is 0 Å². The van der Waals surface area contributed by atoms with E-state index < -0.39 is 0 Å². The maximum atomic E-state index is 13.5. The lowest BCUT2D eigenvalue weighted by atomic mass is 9.83. The van der Waals surface area contributed by atoms with Gasteiger partial charge < -0.3 is 14.8 Å². The molecule has 4 rings (SSSR count). The molecule has 1 aromatic heterocycles. The molecule has 0 bridgehead atoms. The fourth-order valence-electron chi connectivity index (χ4n) is 4.72. The summed E-state index contributed by atoms with van der Waals surface area (Å²) in [4.78, 5) is 15.0. The number of rotatable bonds is 5. The van der Waals surface area contributed by atoms with Gasteiger partial charge in [0.25, 0.3) is 0 Å². The lowest BCUT2D eigenvalue weighted by molar-refractivity contribution is -0.121. The van der Waals surface area contributed by atoms with Crippen molar-refractivity contribution in [2.75, 3.05) is 19.6 Å². The van der Waals surface area contributed by atoms with E-state index in [0.29, 0.717) is 24.9 Å². The number of hydrogen-bond donors (Lipinski definition) is 1. The van der Waals surface area contributed by atoms with Crippen LogP contribution in [-0.4, -0.2) is 41.1 Å². The summed E-state index contributed by atoms with van der Waals surface area (Å²) in [7, 11) is 0. The first-order chi connectivity index (χ1) is 12.7. The Morgan fingerprint density at radius 2 is 2.04 bits per heavy atom. The van der Waals surface area contributed by atoms with Crippen molar-refractivity contribution in [2.24, 2.45) is 5.92 Å². The summed E-state index contributed by atoms with van der Waals surface area (Å²) < 4.78 is 15.4. The lowest BCUT2D eigenvalue weighted by Gasteiger charge is -2.44. The van der Waals surface area contributed by atoms with Crippen LogP contribution in [0.4, 0.5) is 4.39 Å². The molecule has 3 heterocycles. The number of carbonyl (C=O) groups excluding carboxylic acids is 1. The molecule has 4 nitrogen and oxygen atoms in total. The van der Waals surface area contributed by atoms with E-state index in [4.69, 9.17) is 0 Å². The van der Waals surface area contributed by atoms with Gasteiger partial charge in [-0.25, -0.2) is 4.39 Å². The molecule has 2 atom stereocenters. The van der Waals surface area contributed by atoms with Crippen LogP contribution in [0.3, 0.4) is 0 Å². The van der Waals surface area contributed by atoms with Crippen LogP contribution in [-0.2, 0) is 11.3 Å². The molecule has 2 aromatic rings. The number of piperidine rings is 2. The normalized spacial score (nSPS) is 23.7. The average Bonchev–Trinajstić information content (AvgIpc) is 3.06. The molecule has 2 fully saturated rings. The van der Waals surface area contributed by atoms with E-state index in [1.165, 1.54) is 57.3 Å². The Morgan fingerprint density at radius 1 is 1.15 bits per heavy atom. The zero-order chi connectivity index (χ0) is 17.9. The third-order valence-corrected chi connectivity index (χ3v) is 6.11. The fourth-order valence-corrected chi connectivity index (χ4v) is 4.72. The Morgan fingerprint density at radius 3 is 2.96 bits per heavy atom. The Bertz CT molecular complexity index is 770. The predicted molar refractivity (Wildman–Crippen MR) is 101 cm³/mol. The van der Waals surface area contributed by atoms with Gasteiger partial charge >= 0.3 is 0 Å². The van der Waals surface area contributed by atoms with E-state index in [0.717, 1.165) is 17.4 Å². The Kier molecular flexibility index (Phi) is 5.25. The number of benzene rings is 1. The topological polar surface area (TPSA) is 37.3 Å². The van der Waals surface area contributed by atoms with Crippen molar-refractivity contribution in [3.05, 3.63) is 36.3 Å². The second-order valence-electron chi connectivity index (χ2n) is 7.77. The molecule has 0 spiro atoms. The van der Waals surface area contributed by atoms with Gasteiger partial charge in [-0.05, 0) is 74.3 Å². The van der Waals surface area contributed by atoms with Crippen molar-refractivity contribution in [3.8, 4) is 0 Å². The van der Waals surface area contributed by atoms with E-state index in [1.54, 1.807) is 6.07 Å². The number of carbonyl (C=O) groups is 1. The summed E-state index contributed by atoms with van der Waals surface area (Å²) in [5.41, 5.74) is 0.850. The summed E-state index contributed by atoms with van der Waals surface area (Å²) >= 11 is 0. The smallest absolute Gasteiger partial charge is 0.221 e. The number of amides is 1. The van der Waals surface area contributed by atoms with Crippen molar-refractivity contribution >= 4 is 16.8 Å². The highest BCUT2D eigenvalue weighted by atomic mass is 19.1. The van der Waals surface area contributed by atoms with Crippen LogP contribution < -0.4 is 5.32 Å². The van der Waals surface area contributed by atoms with E-state index in [2.05, 4.69) is 10.2 Å². The molecular weight excluding hydrogens is 329 g/mol. The van der Waals surface area contributed by atoms with Gasteiger partial charge in [-0.15, -0.1) is 0 Å². The van der Waals surface area contributed by atoms with Crippen LogP contribution >= 0.6 is 0 Å². The van der Waals surface area contributed by atoms with Gasteiger partial charge in [-0.2, -0.15) is 0 Å². The lowest BCUT2D eigenvalue weighted by Crippen LogP contribution is -2.51. The maximum absolute atomic E-state index is 13.5. The highest BCUT2D eigenvalue weighted by Crippen LogP contribution is 2.30. The van der Waals surface area contributed by atoms with Crippen molar-refractivity contribution in [1.29, 1.82) is 0 Å². The highest BCUT2D eigenvalue weighted by molar-refractivity contribution is 5.80. The van der Waals surface area contributed by atoms with Crippen LogP contribution in [0.25, 0.3) is 10.9 Å². The molecule has 2 aliphatic heterocycles. The summed E-state index contributed by atoms with van der Waals surface area (Å²) in [6.07, 6.45) is 8.76. The van der Waals surface area contributed by atoms with E-state index >= 15 is 0 Å². The molecular formula is C21H28FN3O. The second-order valence-corrected chi connectivity index (χ2v) is 7.77. The number of halogens is 1. The van der Waals surface area contributed by atoms with E-state index in [9.17, 15) is 9.18 Å². The minimum atomic E-state index is -0.240. The Hall–Kier alpha value is -1.88. The SMILES string of the molecule is O=C(CCn1ccc2ccc(F)cc21)NC[C@H]1CCCN2CCCC[C@@H]12. The van der Waals surface area contributed by atoms with Crippen LogP contribution in [0.2, 0.25) is 0 Å². The molecule has 1 amide bonds. The average molecular weight is 357 g/mol.